The van der Waals surface area contributed by atoms with E-state index in [4.69, 9.17) is 5.73 Å². The topological polar surface area (TPSA) is 85.0 Å². The van der Waals surface area contributed by atoms with Gasteiger partial charge in [-0.1, -0.05) is 12.1 Å². The summed E-state index contributed by atoms with van der Waals surface area (Å²) >= 11 is 0. The van der Waals surface area contributed by atoms with Crippen LogP contribution in [0, 0.1) is 6.92 Å². The Kier molecular flexibility index (Phi) is 4.94. The minimum atomic E-state index is -0.235. The van der Waals surface area contributed by atoms with E-state index >= 15 is 0 Å². The van der Waals surface area contributed by atoms with Crippen molar-refractivity contribution in [3.05, 3.63) is 47.8 Å². The van der Waals surface area contributed by atoms with Gasteiger partial charge in [0.15, 0.2) is 0 Å². The summed E-state index contributed by atoms with van der Waals surface area (Å²) in [5, 5.41) is 9.75. The summed E-state index contributed by atoms with van der Waals surface area (Å²) in [6, 6.07) is 7.23. The lowest BCUT2D eigenvalue weighted by Gasteiger charge is -2.10. The molecule has 0 spiro atoms. The second kappa shape index (κ2) is 6.90. The molecule has 1 atom stereocenters. The third-order valence-corrected chi connectivity index (χ3v) is 3.06. The van der Waals surface area contributed by atoms with Crippen LogP contribution in [0.3, 0.4) is 0 Å². The Bertz CT molecular complexity index is 606. The highest BCUT2D eigenvalue weighted by atomic mass is 16.2. The molecule has 0 saturated carbocycles. The Morgan fingerprint density at radius 2 is 2.29 bits per heavy atom. The van der Waals surface area contributed by atoms with E-state index in [0.29, 0.717) is 13.1 Å². The predicted molar refractivity (Wildman–Crippen MR) is 83.0 cm³/mol. The van der Waals surface area contributed by atoms with Gasteiger partial charge in [0.2, 0.25) is 0 Å². The minimum absolute atomic E-state index is 0.0575. The first-order valence-electron chi connectivity index (χ1n) is 6.94. The number of nitrogens with two attached hydrogens (primary N) is 1. The second-order valence-electron chi connectivity index (χ2n) is 5.08. The molecule has 2 amide bonds. The summed E-state index contributed by atoms with van der Waals surface area (Å²) in [6.07, 6.45) is 3.73. The molecule has 2 aromatic rings. The van der Waals surface area contributed by atoms with Crippen LogP contribution >= 0.6 is 0 Å². The van der Waals surface area contributed by atoms with E-state index in [-0.39, 0.29) is 12.1 Å². The summed E-state index contributed by atoms with van der Waals surface area (Å²) in [4.78, 5) is 11.8. The molecule has 1 unspecified atom stereocenters. The highest BCUT2D eigenvalue weighted by Crippen LogP contribution is 2.15. The zero-order chi connectivity index (χ0) is 15.2. The molecule has 0 bridgehead atoms. The largest absolute Gasteiger partial charge is 0.336 e. The van der Waals surface area contributed by atoms with Gasteiger partial charge in [-0.25, -0.2) is 4.79 Å². The Balaban J connectivity index is 1.80. The number of nitrogens with one attached hydrogen (secondary N) is 2. The number of aromatic nitrogens is 2. The van der Waals surface area contributed by atoms with Crippen molar-refractivity contribution in [1.29, 1.82) is 0 Å². The first-order chi connectivity index (χ1) is 10.0. The van der Waals surface area contributed by atoms with Gasteiger partial charge in [-0.15, -0.1) is 0 Å². The summed E-state index contributed by atoms with van der Waals surface area (Å²) < 4.78 is 1.80. The monoisotopic (exact) mass is 287 g/mol. The maximum atomic E-state index is 11.8. The highest BCUT2D eigenvalue weighted by molar-refractivity contribution is 5.89. The van der Waals surface area contributed by atoms with Crippen LogP contribution < -0.4 is 16.4 Å². The van der Waals surface area contributed by atoms with Crippen LogP contribution in [-0.2, 0) is 6.54 Å². The molecule has 1 aromatic heterocycles. The molecule has 0 aliphatic rings. The molecule has 0 aliphatic heterocycles. The molecular formula is C15H21N5O. The third-order valence-electron chi connectivity index (χ3n) is 3.06. The molecule has 1 aromatic carbocycles. The van der Waals surface area contributed by atoms with Crippen molar-refractivity contribution >= 4 is 11.7 Å². The molecule has 0 aliphatic carbocycles. The fraction of sp³-hybridized carbons (Fsp3) is 0.333. The normalized spacial score (nSPS) is 12.0. The first-order valence-corrected chi connectivity index (χ1v) is 6.94. The number of hydrogen-bond donors (Lipinski definition) is 3. The number of benzene rings is 1. The Hall–Kier alpha value is -2.34. The molecule has 4 N–H and O–H groups in total. The van der Waals surface area contributed by atoms with Gasteiger partial charge >= 0.3 is 6.03 Å². The summed E-state index contributed by atoms with van der Waals surface area (Å²) in [7, 11) is 0. The number of urea groups is 1. The maximum Gasteiger partial charge on any atom is 0.319 e. The summed E-state index contributed by atoms with van der Waals surface area (Å²) in [5.41, 5.74) is 8.65. The van der Waals surface area contributed by atoms with Crippen molar-refractivity contribution in [1.82, 2.24) is 15.1 Å². The molecule has 0 radical (unpaired) electrons. The molecule has 6 heteroatoms. The molecule has 21 heavy (non-hydrogen) atoms. The molecule has 112 valence electrons. The van der Waals surface area contributed by atoms with Gasteiger partial charge in [0.05, 0.1) is 12.7 Å². The van der Waals surface area contributed by atoms with Crippen LogP contribution in [0.25, 0.3) is 0 Å². The van der Waals surface area contributed by atoms with Gasteiger partial charge in [-0.3, -0.25) is 4.68 Å². The lowest BCUT2D eigenvalue weighted by Crippen LogP contribution is -2.31. The summed E-state index contributed by atoms with van der Waals surface area (Å²) in [6.45, 7) is 5.04. The van der Waals surface area contributed by atoms with Gasteiger partial charge in [0, 0.05) is 24.5 Å². The van der Waals surface area contributed by atoms with Crippen LogP contribution in [-0.4, -0.2) is 22.4 Å². The lowest BCUT2D eigenvalue weighted by atomic mass is 10.1. The third kappa shape index (κ3) is 4.61. The molecule has 0 fully saturated rings. The van der Waals surface area contributed by atoms with Crippen LogP contribution in [0.2, 0.25) is 0 Å². The van der Waals surface area contributed by atoms with Crippen molar-refractivity contribution in [3.8, 4) is 0 Å². The van der Waals surface area contributed by atoms with Gasteiger partial charge in [0.25, 0.3) is 0 Å². The van der Waals surface area contributed by atoms with Gasteiger partial charge in [-0.2, -0.15) is 5.10 Å². The fourth-order valence-electron chi connectivity index (χ4n) is 1.95. The van der Waals surface area contributed by atoms with E-state index in [1.165, 1.54) is 0 Å². The van der Waals surface area contributed by atoms with Crippen molar-refractivity contribution in [3.63, 3.8) is 0 Å². The number of carbonyl (C=O) groups excluding carboxylic acids is 1. The fourth-order valence-corrected chi connectivity index (χ4v) is 1.95. The number of amides is 2. The molecule has 6 nitrogen and oxygen atoms in total. The van der Waals surface area contributed by atoms with Crippen molar-refractivity contribution < 1.29 is 4.79 Å². The number of aryl methyl sites for hydroxylation is 1. The SMILES string of the molecule is Cc1cnn(CCNC(=O)Nc2cccc(C(C)N)c2)c1. The maximum absolute atomic E-state index is 11.8. The van der Waals surface area contributed by atoms with Gasteiger partial charge in [0.1, 0.15) is 0 Å². The van der Waals surface area contributed by atoms with Crippen molar-refractivity contribution in [2.24, 2.45) is 5.73 Å². The standard InChI is InChI=1S/C15H21N5O/c1-11-9-18-20(10-11)7-6-17-15(21)19-14-5-3-4-13(8-14)12(2)16/h3-5,8-10,12H,6-7,16H2,1-2H3,(H2,17,19,21). The average Bonchev–Trinajstić information content (AvgIpc) is 2.84. The highest BCUT2D eigenvalue weighted by Gasteiger charge is 2.04. The number of nitrogens with zero attached hydrogens (tertiary/aromatic N) is 2. The van der Waals surface area contributed by atoms with E-state index in [2.05, 4.69) is 15.7 Å². The zero-order valence-corrected chi connectivity index (χ0v) is 12.3. The van der Waals surface area contributed by atoms with E-state index < -0.39 is 0 Å². The number of carbonyl (C=O) groups is 1. The number of rotatable bonds is 5. The van der Waals surface area contributed by atoms with Crippen molar-refractivity contribution in [2.45, 2.75) is 26.4 Å². The first kappa shape index (κ1) is 15.1. The number of anilines is 1. The Morgan fingerprint density at radius 3 is 2.95 bits per heavy atom. The van der Waals surface area contributed by atoms with Crippen LogP contribution in [0.1, 0.15) is 24.1 Å². The van der Waals surface area contributed by atoms with Crippen LogP contribution in [0.5, 0.6) is 0 Å². The smallest absolute Gasteiger partial charge is 0.319 e. The van der Waals surface area contributed by atoms with E-state index in [0.717, 1.165) is 16.8 Å². The lowest BCUT2D eigenvalue weighted by molar-refractivity contribution is 0.251. The van der Waals surface area contributed by atoms with Crippen LogP contribution in [0.4, 0.5) is 10.5 Å². The molecular weight excluding hydrogens is 266 g/mol. The zero-order valence-electron chi connectivity index (χ0n) is 12.3. The second-order valence-corrected chi connectivity index (χ2v) is 5.08. The molecule has 1 heterocycles. The van der Waals surface area contributed by atoms with Crippen LogP contribution in [0.15, 0.2) is 36.7 Å². The Morgan fingerprint density at radius 1 is 1.48 bits per heavy atom. The quantitative estimate of drug-likeness (QED) is 0.786. The average molecular weight is 287 g/mol. The molecule has 0 saturated heterocycles. The van der Waals surface area contributed by atoms with Gasteiger partial charge in [-0.05, 0) is 37.1 Å². The van der Waals surface area contributed by atoms with E-state index in [1.807, 2.05) is 44.3 Å². The minimum Gasteiger partial charge on any atom is -0.336 e. The van der Waals surface area contributed by atoms with E-state index in [1.54, 1.807) is 10.9 Å². The number of hydrogen-bond acceptors (Lipinski definition) is 3. The van der Waals surface area contributed by atoms with Gasteiger partial charge < -0.3 is 16.4 Å². The predicted octanol–water partition coefficient (Wildman–Crippen LogP) is 2.03. The van der Waals surface area contributed by atoms with Crippen molar-refractivity contribution in [2.75, 3.05) is 11.9 Å². The summed E-state index contributed by atoms with van der Waals surface area (Å²) in [5.74, 6) is 0. The Labute approximate surface area is 124 Å². The van der Waals surface area contributed by atoms with E-state index in [9.17, 15) is 4.79 Å². The molecule has 2 rings (SSSR count).